The molecule has 0 fully saturated rings. The monoisotopic (exact) mass is 315 g/mol. The predicted molar refractivity (Wildman–Crippen MR) is 53.1 cm³/mol. The van der Waals surface area contributed by atoms with Crippen molar-refractivity contribution in [2.45, 2.75) is 6.30 Å². The van der Waals surface area contributed by atoms with Crippen molar-refractivity contribution in [2.24, 2.45) is 3.77 Å². The van der Waals surface area contributed by atoms with Crippen molar-refractivity contribution < 1.29 is 34.6 Å². The molecule has 0 amide bonds. The van der Waals surface area contributed by atoms with Crippen LogP contribution in [0.1, 0.15) is 0 Å². The van der Waals surface area contributed by atoms with E-state index in [0.29, 0.717) is 0 Å². The van der Waals surface area contributed by atoms with Crippen LogP contribution in [0.25, 0.3) is 0 Å². The molecule has 0 saturated carbocycles. The van der Waals surface area contributed by atoms with Crippen molar-refractivity contribution in [1.82, 2.24) is 3.71 Å². The van der Waals surface area contributed by atoms with Gasteiger partial charge in [-0.05, 0) is 0 Å². The maximum Gasteiger partial charge on any atom is 0.457 e. The molecule has 13 heteroatoms. The van der Waals surface area contributed by atoms with Crippen LogP contribution in [0.4, 0.5) is 13.2 Å². The van der Waals surface area contributed by atoms with Crippen molar-refractivity contribution in [2.75, 3.05) is 5.75 Å². The Balaban J connectivity index is 5.48. The van der Waals surface area contributed by atoms with Gasteiger partial charge < -0.3 is 4.21 Å². The van der Waals surface area contributed by atoms with E-state index in [1.807, 2.05) is 0 Å². The first-order valence-electron chi connectivity index (χ1n) is 3.48. The summed E-state index contributed by atoms with van der Waals surface area (Å²) >= 11 is -3.72. The first-order chi connectivity index (χ1) is 7.51. The first kappa shape index (κ1) is 16.5. The summed E-state index contributed by atoms with van der Waals surface area (Å²) in [7, 11) is -8.03. The summed E-state index contributed by atoms with van der Waals surface area (Å²) in [6.45, 7) is 3.00. The van der Waals surface area contributed by atoms with Gasteiger partial charge in [0.05, 0.1) is 5.75 Å². The summed E-state index contributed by atoms with van der Waals surface area (Å²) in [5.74, 6) is -0.845. The van der Waals surface area contributed by atoms with Crippen molar-refractivity contribution in [3.63, 3.8) is 0 Å². The highest BCUT2D eigenvalue weighted by molar-refractivity contribution is 7.98. The van der Waals surface area contributed by atoms with E-state index >= 15 is 0 Å². The molecule has 0 rings (SSSR count). The highest BCUT2D eigenvalue weighted by Crippen LogP contribution is 2.23. The molecule has 0 aliphatic rings. The average Bonchev–Trinajstić information content (AvgIpc) is 1.96. The maximum absolute atomic E-state index is 12.1. The van der Waals surface area contributed by atoms with Crippen LogP contribution in [0, 0.1) is 0 Å². The van der Waals surface area contributed by atoms with Gasteiger partial charge in [-0.1, -0.05) is 16.9 Å². The molecule has 1 atom stereocenters. The van der Waals surface area contributed by atoms with Crippen LogP contribution in [0.2, 0.25) is 0 Å². The van der Waals surface area contributed by atoms with Crippen molar-refractivity contribution in [3.05, 3.63) is 12.7 Å². The minimum Gasteiger partial charge on any atom is -0.427 e. The molecule has 0 aromatic rings. The standard InChI is InChI=1S/C4H6F3N2O5S3/c1-2-3-17(13,14)8-15(10)9(16(11)12)4(5,6)7/h2H,1,3H2,(H,11,12)/q-1. The Hall–Kier alpha value is -0.500. The minimum absolute atomic E-state index is 0.809. The van der Waals surface area contributed by atoms with Crippen LogP contribution < -0.4 is 0 Å². The van der Waals surface area contributed by atoms with Crippen molar-refractivity contribution >= 4 is 32.1 Å². The second-order valence-corrected chi connectivity index (χ2v) is 6.28. The molecular weight excluding hydrogens is 309 g/mol. The number of hydrogen-bond acceptors (Lipinski definition) is 5. The van der Waals surface area contributed by atoms with Gasteiger partial charge >= 0.3 is 6.30 Å². The number of alkyl halides is 3. The molecule has 0 aromatic carbocycles. The fraction of sp³-hybridized carbons (Fsp3) is 0.500. The van der Waals surface area contributed by atoms with E-state index in [4.69, 9.17) is 4.55 Å². The molecule has 0 spiro atoms. The summed E-state index contributed by atoms with van der Waals surface area (Å²) in [4.78, 5) is 0. The van der Waals surface area contributed by atoms with E-state index in [2.05, 4.69) is 10.3 Å². The van der Waals surface area contributed by atoms with Gasteiger partial charge in [-0.2, -0.15) is 16.9 Å². The third kappa shape index (κ3) is 5.58. The Morgan fingerprint density at radius 2 is 2.00 bits per heavy atom. The van der Waals surface area contributed by atoms with Gasteiger partial charge in [0.2, 0.25) is 21.3 Å². The van der Waals surface area contributed by atoms with Crippen LogP contribution in [-0.4, -0.2) is 32.9 Å². The van der Waals surface area contributed by atoms with Gasteiger partial charge in [-0.15, -0.1) is 6.58 Å². The van der Waals surface area contributed by atoms with Crippen LogP contribution >= 0.6 is 0 Å². The smallest absolute Gasteiger partial charge is 0.427 e. The summed E-state index contributed by atoms with van der Waals surface area (Å²) in [6, 6.07) is 0. The lowest BCUT2D eigenvalue weighted by Crippen LogP contribution is -2.37. The molecule has 0 radical (unpaired) electrons. The van der Waals surface area contributed by atoms with Gasteiger partial charge in [0.1, 0.15) is 0 Å². The predicted octanol–water partition coefficient (Wildman–Crippen LogP) is 0.523. The Kier molecular flexibility index (Phi) is 5.73. The Labute approximate surface area is 99.1 Å². The summed E-state index contributed by atoms with van der Waals surface area (Å²) in [5.41, 5.74) is 0. The largest absolute Gasteiger partial charge is 0.457 e. The van der Waals surface area contributed by atoms with Crippen LogP contribution in [0.5, 0.6) is 0 Å². The highest BCUT2D eigenvalue weighted by Gasteiger charge is 2.37. The number of halogens is 3. The molecular formula is C4H6F3N2O5S3-. The second kappa shape index (κ2) is 5.90. The Morgan fingerprint density at radius 3 is 2.29 bits per heavy atom. The minimum atomic E-state index is -5.47. The van der Waals surface area contributed by atoms with Gasteiger partial charge in [-0.25, -0.2) is 12.6 Å². The summed E-state index contributed by atoms with van der Waals surface area (Å²) < 4.78 is 88.4. The molecule has 7 nitrogen and oxygen atoms in total. The number of hydrogen-bond donors (Lipinski definition) is 1. The lowest BCUT2D eigenvalue weighted by atomic mass is 10.8. The lowest BCUT2D eigenvalue weighted by molar-refractivity contribution is -0.179. The molecule has 102 valence electrons. The SMILES string of the molecule is C=CCS(=O)(=O)N=[S-](=O)N(S(=O)O)C(F)(F)F. The maximum atomic E-state index is 12.1. The average molecular weight is 315 g/mol. The van der Waals surface area contributed by atoms with Gasteiger partial charge in [-0.3, -0.25) is 8.32 Å². The molecule has 0 heterocycles. The highest BCUT2D eigenvalue weighted by atomic mass is 32.3. The first-order valence-corrected chi connectivity index (χ1v) is 7.21. The number of rotatable bonds is 5. The van der Waals surface area contributed by atoms with E-state index in [1.165, 1.54) is 0 Å². The Bertz CT molecular complexity index is 491. The Morgan fingerprint density at radius 1 is 1.53 bits per heavy atom. The molecule has 0 aromatic heterocycles. The molecule has 17 heavy (non-hydrogen) atoms. The van der Waals surface area contributed by atoms with Gasteiger partial charge in [0, 0.05) is 0 Å². The van der Waals surface area contributed by atoms with Gasteiger partial charge in [0.25, 0.3) is 0 Å². The normalized spacial score (nSPS) is 17.0. The lowest BCUT2D eigenvalue weighted by Gasteiger charge is -2.23. The molecule has 0 aliphatic heterocycles. The number of sulfonamides is 1. The van der Waals surface area contributed by atoms with Gasteiger partial charge in [0.15, 0.2) is 0 Å². The van der Waals surface area contributed by atoms with E-state index in [-0.39, 0.29) is 0 Å². The molecule has 1 unspecified atom stereocenters. The molecule has 0 bridgehead atoms. The quantitative estimate of drug-likeness (QED) is 0.345. The van der Waals surface area contributed by atoms with Crippen molar-refractivity contribution in [1.29, 1.82) is 0 Å². The van der Waals surface area contributed by atoms with E-state index < -0.39 is 47.8 Å². The summed E-state index contributed by atoms with van der Waals surface area (Å²) in [5, 5.41) is 0. The van der Waals surface area contributed by atoms with Crippen molar-refractivity contribution in [3.8, 4) is 0 Å². The summed E-state index contributed by atoms with van der Waals surface area (Å²) in [6.07, 6.45) is -4.67. The zero-order chi connectivity index (χ0) is 13.9. The fourth-order valence-electron chi connectivity index (χ4n) is 0.538. The molecule has 1 N–H and O–H groups in total. The van der Waals surface area contributed by atoms with E-state index in [9.17, 15) is 30.0 Å². The van der Waals surface area contributed by atoms with E-state index in [1.54, 1.807) is 0 Å². The third-order valence-electron chi connectivity index (χ3n) is 0.997. The zero-order valence-electron chi connectivity index (χ0n) is 7.82. The zero-order valence-corrected chi connectivity index (χ0v) is 10.3. The van der Waals surface area contributed by atoms with Crippen LogP contribution in [-0.2, 0) is 36.3 Å². The fourth-order valence-corrected chi connectivity index (χ4v) is 3.13. The molecule has 0 aliphatic carbocycles. The topological polar surface area (TPSA) is 104 Å². The number of nitrogens with zero attached hydrogens (tertiary/aromatic N) is 2. The third-order valence-corrected chi connectivity index (χ3v) is 4.82. The second-order valence-electron chi connectivity index (χ2n) is 2.30. The van der Waals surface area contributed by atoms with Crippen LogP contribution in [0.15, 0.2) is 16.4 Å². The molecule has 0 saturated heterocycles. The van der Waals surface area contributed by atoms with Crippen LogP contribution in [0.3, 0.4) is 0 Å². The van der Waals surface area contributed by atoms with E-state index in [0.717, 1.165) is 6.08 Å².